The third-order valence-corrected chi connectivity index (χ3v) is 3.00. The van der Waals surface area contributed by atoms with Gasteiger partial charge in [0.1, 0.15) is 6.61 Å². The Hall–Kier alpha value is -1.96. The second-order valence-electron chi connectivity index (χ2n) is 4.74. The molecule has 1 amide bonds. The van der Waals surface area contributed by atoms with Crippen LogP contribution in [0.2, 0.25) is 0 Å². The van der Waals surface area contributed by atoms with Crippen molar-refractivity contribution in [3.63, 3.8) is 0 Å². The number of alkyl halides is 3. The van der Waals surface area contributed by atoms with Gasteiger partial charge in [0.2, 0.25) is 5.91 Å². The quantitative estimate of drug-likeness (QED) is 0.575. The van der Waals surface area contributed by atoms with Crippen molar-refractivity contribution in [3.05, 3.63) is 17.7 Å². The Balaban J connectivity index is 1.89. The molecule has 0 atom stereocenters. The molecule has 0 saturated heterocycles. The first kappa shape index (κ1) is 15.4. The lowest BCUT2D eigenvalue weighted by molar-refractivity contribution is -0.172. The summed E-state index contributed by atoms with van der Waals surface area (Å²) in [5.41, 5.74) is 8.55. The maximum Gasteiger partial charge on any atom is 0.411 e. The number of nitrogens with two attached hydrogens (primary N) is 1. The standard InChI is InChI=1S/C13H16F3N3O2/c14-13(15,16)7-21-4-3-18-11-6-10-8(5-9(11)17)1-2-12(20)19-10/h5-6,18H,1-4,7,17H2,(H,19,20). The molecule has 0 bridgehead atoms. The van der Waals surface area contributed by atoms with Gasteiger partial charge < -0.3 is 21.1 Å². The number of halogens is 3. The van der Waals surface area contributed by atoms with Gasteiger partial charge in [-0.25, -0.2) is 0 Å². The first-order valence-corrected chi connectivity index (χ1v) is 6.46. The predicted molar refractivity (Wildman–Crippen MR) is 73.2 cm³/mol. The molecule has 21 heavy (non-hydrogen) atoms. The zero-order valence-electron chi connectivity index (χ0n) is 11.2. The summed E-state index contributed by atoms with van der Waals surface area (Å²) in [6.45, 7) is -1.18. The molecule has 0 unspecified atom stereocenters. The van der Waals surface area contributed by atoms with E-state index in [0.29, 0.717) is 29.9 Å². The van der Waals surface area contributed by atoms with E-state index in [0.717, 1.165) is 5.56 Å². The van der Waals surface area contributed by atoms with E-state index in [-0.39, 0.29) is 19.1 Å². The van der Waals surface area contributed by atoms with Crippen molar-refractivity contribution in [2.45, 2.75) is 19.0 Å². The molecule has 0 fully saturated rings. The number of hydrogen-bond acceptors (Lipinski definition) is 4. The number of carbonyl (C=O) groups is 1. The molecular weight excluding hydrogens is 287 g/mol. The number of anilines is 3. The Morgan fingerprint density at radius 3 is 2.81 bits per heavy atom. The largest absolute Gasteiger partial charge is 0.411 e. The molecule has 0 radical (unpaired) electrons. The fourth-order valence-electron chi connectivity index (χ4n) is 2.05. The molecule has 0 aliphatic carbocycles. The maximum absolute atomic E-state index is 11.9. The molecule has 1 aromatic carbocycles. The molecule has 1 aromatic rings. The highest BCUT2D eigenvalue weighted by Crippen LogP contribution is 2.30. The molecule has 0 spiro atoms. The number of carbonyl (C=O) groups excluding carboxylic acids is 1. The van der Waals surface area contributed by atoms with Crippen molar-refractivity contribution in [1.82, 2.24) is 0 Å². The number of nitrogens with one attached hydrogen (secondary N) is 2. The van der Waals surface area contributed by atoms with Gasteiger partial charge in [0.05, 0.1) is 18.0 Å². The van der Waals surface area contributed by atoms with Crippen molar-refractivity contribution in [2.24, 2.45) is 0 Å². The van der Waals surface area contributed by atoms with E-state index < -0.39 is 12.8 Å². The first-order chi connectivity index (χ1) is 9.85. The number of hydrogen-bond donors (Lipinski definition) is 3. The van der Waals surface area contributed by atoms with Gasteiger partial charge in [-0.2, -0.15) is 13.2 Å². The number of rotatable bonds is 5. The Bertz CT molecular complexity index is 532. The van der Waals surface area contributed by atoms with E-state index in [1.165, 1.54) is 0 Å². The lowest BCUT2D eigenvalue weighted by Crippen LogP contribution is -2.21. The van der Waals surface area contributed by atoms with Crippen molar-refractivity contribution < 1.29 is 22.7 Å². The highest BCUT2D eigenvalue weighted by molar-refractivity contribution is 5.95. The minimum atomic E-state index is -4.32. The van der Waals surface area contributed by atoms with E-state index in [2.05, 4.69) is 15.4 Å². The summed E-state index contributed by atoms with van der Waals surface area (Å²) in [6.07, 6.45) is -3.28. The minimum absolute atomic E-state index is 0.0632. The summed E-state index contributed by atoms with van der Waals surface area (Å²) in [4.78, 5) is 11.3. The number of aryl methyl sites for hydroxylation is 1. The van der Waals surface area contributed by atoms with Gasteiger partial charge >= 0.3 is 6.18 Å². The number of ether oxygens (including phenoxy) is 1. The molecule has 1 aliphatic heterocycles. The summed E-state index contributed by atoms with van der Waals surface area (Å²) in [5.74, 6) is -0.0632. The second kappa shape index (κ2) is 6.21. The van der Waals surface area contributed by atoms with E-state index in [4.69, 9.17) is 5.73 Å². The number of benzene rings is 1. The molecule has 1 aliphatic rings. The lowest BCUT2D eigenvalue weighted by atomic mass is 10.0. The third kappa shape index (κ3) is 4.52. The van der Waals surface area contributed by atoms with Crippen LogP contribution in [0.15, 0.2) is 12.1 Å². The summed E-state index contributed by atoms with van der Waals surface area (Å²) >= 11 is 0. The number of nitrogen functional groups attached to an aromatic ring is 1. The first-order valence-electron chi connectivity index (χ1n) is 6.46. The van der Waals surface area contributed by atoms with Crippen LogP contribution in [0, 0.1) is 0 Å². The van der Waals surface area contributed by atoms with Crippen molar-refractivity contribution >= 4 is 23.0 Å². The van der Waals surface area contributed by atoms with Crippen LogP contribution < -0.4 is 16.4 Å². The van der Waals surface area contributed by atoms with Gasteiger partial charge in [-0.1, -0.05) is 0 Å². The topological polar surface area (TPSA) is 76.4 Å². The number of amides is 1. The zero-order valence-corrected chi connectivity index (χ0v) is 11.2. The fourth-order valence-corrected chi connectivity index (χ4v) is 2.05. The molecule has 0 aromatic heterocycles. The van der Waals surface area contributed by atoms with Gasteiger partial charge in [-0.15, -0.1) is 0 Å². The van der Waals surface area contributed by atoms with Crippen LogP contribution in [-0.4, -0.2) is 31.8 Å². The Kier molecular flexibility index (Phi) is 4.56. The highest BCUT2D eigenvalue weighted by atomic mass is 19.4. The van der Waals surface area contributed by atoms with Crippen LogP contribution in [0.3, 0.4) is 0 Å². The molecule has 4 N–H and O–H groups in total. The van der Waals surface area contributed by atoms with Crippen LogP contribution in [0.4, 0.5) is 30.2 Å². The SMILES string of the molecule is Nc1cc2c(cc1NCCOCC(F)(F)F)NC(=O)CC2. The Labute approximate surface area is 119 Å². The number of fused-ring (bicyclic) bond motifs is 1. The zero-order chi connectivity index (χ0) is 15.5. The van der Waals surface area contributed by atoms with E-state index in [1.807, 2.05) is 0 Å². The summed E-state index contributed by atoms with van der Waals surface area (Å²) in [5, 5.41) is 5.63. The molecule has 8 heteroatoms. The van der Waals surface area contributed by atoms with Crippen molar-refractivity contribution in [2.75, 3.05) is 36.1 Å². The summed E-state index contributed by atoms with van der Waals surface area (Å²) in [7, 11) is 0. The average Bonchev–Trinajstić information content (AvgIpc) is 2.38. The van der Waals surface area contributed by atoms with Gasteiger partial charge in [0.15, 0.2) is 0 Å². The fraction of sp³-hybridized carbons (Fsp3) is 0.462. The molecule has 116 valence electrons. The van der Waals surface area contributed by atoms with E-state index in [1.54, 1.807) is 12.1 Å². The molecule has 0 saturated carbocycles. The summed E-state index contributed by atoms with van der Waals surface area (Å²) in [6, 6.07) is 3.44. The predicted octanol–water partition coefficient (Wildman–Crippen LogP) is 2.14. The Morgan fingerprint density at radius 2 is 2.10 bits per heavy atom. The monoisotopic (exact) mass is 303 g/mol. The van der Waals surface area contributed by atoms with E-state index >= 15 is 0 Å². The average molecular weight is 303 g/mol. The third-order valence-electron chi connectivity index (χ3n) is 3.00. The summed E-state index contributed by atoms with van der Waals surface area (Å²) < 4.78 is 40.2. The van der Waals surface area contributed by atoms with Gasteiger partial charge in [0.25, 0.3) is 0 Å². The van der Waals surface area contributed by atoms with Crippen molar-refractivity contribution in [3.8, 4) is 0 Å². The molecule has 5 nitrogen and oxygen atoms in total. The highest BCUT2D eigenvalue weighted by Gasteiger charge is 2.27. The van der Waals surface area contributed by atoms with Crippen LogP contribution in [0.25, 0.3) is 0 Å². The maximum atomic E-state index is 11.9. The normalized spacial score (nSPS) is 14.5. The Morgan fingerprint density at radius 1 is 1.33 bits per heavy atom. The van der Waals surface area contributed by atoms with E-state index in [9.17, 15) is 18.0 Å². The van der Waals surface area contributed by atoms with Crippen LogP contribution in [0.5, 0.6) is 0 Å². The second-order valence-corrected chi connectivity index (χ2v) is 4.74. The van der Waals surface area contributed by atoms with Crippen LogP contribution >= 0.6 is 0 Å². The van der Waals surface area contributed by atoms with Crippen LogP contribution in [-0.2, 0) is 16.0 Å². The minimum Gasteiger partial charge on any atom is -0.397 e. The molecule has 2 rings (SSSR count). The van der Waals surface area contributed by atoms with Gasteiger partial charge in [-0.05, 0) is 24.1 Å². The van der Waals surface area contributed by atoms with Crippen molar-refractivity contribution in [1.29, 1.82) is 0 Å². The molecule has 1 heterocycles. The van der Waals surface area contributed by atoms with Gasteiger partial charge in [-0.3, -0.25) is 4.79 Å². The smallest absolute Gasteiger partial charge is 0.397 e. The van der Waals surface area contributed by atoms with Crippen LogP contribution in [0.1, 0.15) is 12.0 Å². The lowest BCUT2D eigenvalue weighted by Gasteiger charge is -2.20. The van der Waals surface area contributed by atoms with Gasteiger partial charge in [0, 0.05) is 18.7 Å². The molecular formula is C13H16F3N3O2.